The molecule has 0 saturated carbocycles. The van der Waals surface area contributed by atoms with Crippen LogP contribution in [0.5, 0.6) is 0 Å². The third-order valence-corrected chi connectivity index (χ3v) is 7.06. The Bertz CT molecular complexity index is 1190. The first-order chi connectivity index (χ1) is 13.3. The summed E-state index contributed by atoms with van der Waals surface area (Å²) in [5.41, 5.74) is 0.382. The van der Waals surface area contributed by atoms with E-state index in [1.807, 2.05) is 26.8 Å². The summed E-state index contributed by atoms with van der Waals surface area (Å²) in [6.07, 6.45) is -4.61. The van der Waals surface area contributed by atoms with E-state index < -0.39 is 21.9 Å². The first-order valence-corrected chi connectivity index (χ1v) is 11.3. The predicted octanol–water partition coefficient (Wildman–Crippen LogP) is 5.79. The van der Waals surface area contributed by atoms with Crippen molar-refractivity contribution in [1.82, 2.24) is 8.96 Å². The Kier molecular flexibility index (Phi) is 5.36. The van der Waals surface area contributed by atoms with Crippen LogP contribution in [-0.4, -0.2) is 17.4 Å². The molecular weight excluding hydrogens is 469 g/mol. The van der Waals surface area contributed by atoms with Crippen molar-refractivity contribution >= 4 is 37.0 Å². The number of halogens is 4. The molecule has 0 spiro atoms. The first-order valence-electron chi connectivity index (χ1n) is 8.78. The minimum Gasteiger partial charge on any atom is -0.241 e. The normalized spacial score (nSPS) is 13.2. The number of hydrogen-bond acceptors (Lipinski definition) is 3. The van der Waals surface area contributed by atoms with Gasteiger partial charge in [0, 0.05) is 5.33 Å². The molecule has 0 aliphatic rings. The van der Waals surface area contributed by atoms with Crippen molar-refractivity contribution in [3.63, 3.8) is 0 Å². The largest absolute Gasteiger partial charge is 0.433 e. The van der Waals surface area contributed by atoms with Crippen LogP contribution in [0.3, 0.4) is 0 Å². The van der Waals surface area contributed by atoms with Crippen LogP contribution in [-0.2, 0) is 26.9 Å². The summed E-state index contributed by atoms with van der Waals surface area (Å²) < 4.78 is 67.4. The lowest BCUT2D eigenvalue weighted by atomic mass is 9.87. The number of benzene rings is 1. The molecule has 2 aromatic heterocycles. The Balaban J connectivity index is 2.31. The molecule has 0 bridgehead atoms. The smallest absolute Gasteiger partial charge is 0.241 e. The van der Waals surface area contributed by atoms with Crippen molar-refractivity contribution in [2.24, 2.45) is 0 Å². The van der Waals surface area contributed by atoms with E-state index in [1.54, 1.807) is 19.1 Å². The van der Waals surface area contributed by atoms with E-state index in [0.717, 1.165) is 21.7 Å². The molecule has 0 radical (unpaired) electrons. The number of nitrogens with zero attached hydrogens (tertiary/aromatic N) is 2. The average Bonchev–Trinajstić information content (AvgIpc) is 2.92. The first kappa shape index (κ1) is 21.8. The molecule has 3 aromatic rings. The van der Waals surface area contributed by atoms with Crippen LogP contribution in [0, 0.1) is 6.92 Å². The lowest BCUT2D eigenvalue weighted by Crippen LogP contribution is -2.17. The van der Waals surface area contributed by atoms with Crippen LogP contribution < -0.4 is 0 Å². The Morgan fingerprint density at radius 1 is 1.10 bits per heavy atom. The minimum absolute atomic E-state index is 0.0184. The fourth-order valence-electron chi connectivity index (χ4n) is 3.14. The molecule has 0 atom stereocenters. The number of alkyl halides is 4. The van der Waals surface area contributed by atoms with Crippen molar-refractivity contribution in [2.45, 2.75) is 49.5 Å². The highest BCUT2D eigenvalue weighted by Gasteiger charge is 2.34. The Hall–Kier alpha value is -1.87. The zero-order valence-electron chi connectivity index (χ0n) is 16.3. The van der Waals surface area contributed by atoms with Crippen LogP contribution in [0.4, 0.5) is 13.2 Å². The van der Waals surface area contributed by atoms with Gasteiger partial charge in [-0.15, -0.1) is 0 Å². The molecule has 0 saturated heterocycles. The van der Waals surface area contributed by atoms with Crippen LogP contribution in [0.2, 0.25) is 0 Å². The van der Waals surface area contributed by atoms with E-state index >= 15 is 0 Å². The number of hydrogen-bond donors (Lipinski definition) is 0. The molecule has 3 rings (SSSR count). The fourth-order valence-corrected chi connectivity index (χ4v) is 5.61. The van der Waals surface area contributed by atoms with Crippen molar-refractivity contribution < 1.29 is 21.6 Å². The minimum atomic E-state index is -4.61. The van der Waals surface area contributed by atoms with Crippen molar-refractivity contribution in [2.75, 3.05) is 0 Å². The summed E-state index contributed by atoms with van der Waals surface area (Å²) in [5, 5.41) is 0.148. The van der Waals surface area contributed by atoms with Gasteiger partial charge in [0.05, 0.1) is 21.6 Å². The summed E-state index contributed by atoms with van der Waals surface area (Å²) in [6, 6.07) is 8.57. The maximum absolute atomic E-state index is 13.5. The highest BCUT2D eigenvalue weighted by Crippen LogP contribution is 2.35. The van der Waals surface area contributed by atoms with E-state index in [-0.39, 0.29) is 26.7 Å². The fraction of sp³-hybridized carbons (Fsp3) is 0.350. The molecule has 0 amide bonds. The summed E-state index contributed by atoms with van der Waals surface area (Å²) in [6.45, 7) is 7.49. The number of pyridine rings is 1. The maximum Gasteiger partial charge on any atom is 0.433 e. The lowest BCUT2D eigenvalue weighted by molar-refractivity contribution is -0.140. The molecule has 0 fully saturated rings. The molecular formula is C20H20BrF3N2O2S. The summed E-state index contributed by atoms with van der Waals surface area (Å²) >= 11 is 3.27. The van der Waals surface area contributed by atoms with Gasteiger partial charge >= 0.3 is 6.18 Å². The third kappa shape index (κ3) is 3.82. The zero-order valence-corrected chi connectivity index (χ0v) is 18.7. The number of aromatic nitrogens is 2. The summed E-state index contributed by atoms with van der Waals surface area (Å²) in [7, 11) is -4.05. The van der Waals surface area contributed by atoms with Gasteiger partial charge in [-0.2, -0.15) is 13.2 Å². The highest BCUT2D eigenvalue weighted by molar-refractivity contribution is 9.08. The quantitative estimate of drug-likeness (QED) is 0.438. The molecule has 9 heteroatoms. The van der Waals surface area contributed by atoms with Crippen LogP contribution in [0.25, 0.3) is 11.0 Å². The molecule has 4 nitrogen and oxygen atoms in total. The van der Waals surface area contributed by atoms with Gasteiger partial charge in [0.15, 0.2) is 0 Å². The van der Waals surface area contributed by atoms with E-state index in [1.165, 1.54) is 6.07 Å². The second kappa shape index (κ2) is 7.12. The number of rotatable bonds is 3. The SMILES string of the molecule is Cc1c(CBr)n(S(=O)(=O)c2cccc(C(C)(C)C)c2)c2ccc(C(F)(F)F)nc12. The predicted molar refractivity (Wildman–Crippen MR) is 110 cm³/mol. The molecule has 0 aliphatic carbocycles. The van der Waals surface area contributed by atoms with Crippen LogP contribution in [0.15, 0.2) is 41.3 Å². The monoisotopic (exact) mass is 488 g/mol. The van der Waals surface area contributed by atoms with Gasteiger partial charge < -0.3 is 0 Å². The van der Waals surface area contributed by atoms with Gasteiger partial charge in [-0.3, -0.25) is 0 Å². The Labute approximate surface area is 175 Å². The van der Waals surface area contributed by atoms with Crippen LogP contribution in [0.1, 0.15) is 43.3 Å². The highest BCUT2D eigenvalue weighted by atomic mass is 79.9. The van der Waals surface area contributed by atoms with Gasteiger partial charge in [0.1, 0.15) is 5.69 Å². The van der Waals surface area contributed by atoms with Crippen molar-refractivity contribution in [1.29, 1.82) is 0 Å². The van der Waals surface area contributed by atoms with E-state index in [4.69, 9.17) is 0 Å². The van der Waals surface area contributed by atoms with Gasteiger partial charge in [-0.1, -0.05) is 48.8 Å². The molecule has 0 aliphatic heterocycles. The number of aryl methyl sites for hydroxylation is 1. The zero-order chi connectivity index (χ0) is 21.8. The molecule has 2 heterocycles. The van der Waals surface area contributed by atoms with Gasteiger partial charge in [0.25, 0.3) is 10.0 Å². The van der Waals surface area contributed by atoms with Gasteiger partial charge in [-0.05, 0) is 47.7 Å². The molecule has 29 heavy (non-hydrogen) atoms. The molecule has 0 N–H and O–H groups in total. The van der Waals surface area contributed by atoms with Gasteiger partial charge in [0.2, 0.25) is 0 Å². The lowest BCUT2D eigenvalue weighted by Gasteiger charge is -2.20. The molecule has 1 aromatic carbocycles. The topological polar surface area (TPSA) is 52.0 Å². The van der Waals surface area contributed by atoms with Crippen molar-refractivity contribution in [3.8, 4) is 0 Å². The molecule has 0 unspecified atom stereocenters. The van der Waals surface area contributed by atoms with E-state index in [0.29, 0.717) is 11.3 Å². The van der Waals surface area contributed by atoms with E-state index in [2.05, 4.69) is 20.9 Å². The average molecular weight is 489 g/mol. The summed E-state index contributed by atoms with van der Waals surface area (Å²) in [4.78, 5) is 3.78. The Morgan fingerprint density at radius 3 is 2.31 bits per heavy atom. The Morgan fingerprint density at radius 2 is 1.76 bits per heavy atom. The third-order valence-electron chi connectivity index (χ3n) is 4.78. The van der Waals surface area contributed by atoms with Gasteiger partial charge in [-0.25, -0.2) is 17.4 Å². The number of fused-ring (bicyclic) bond motifs is 1. The van der Waals surface area contributed by atoms with Crippen molar-refractivity contribution in [3.05, 3.63) is 58.9 Å². The standard InChI is InChI=1S/C20H20BrF3N2O2S/c1-12-16(11-21)26(15-8-9-17(20(22,23)24)25-18(12)15)29(27,28)14-7-5-6-13(10-14)19(2,3)4/h5-10H,11H2,1-4H3. The summed E-state index contributed by atoms with van der Waals surface area (Å²) in [5.74, 6) is 0. The van der Waals surface area contributed by atoms with E-state index in [9.17, 15) is 21.6 Å². The maximum atomic E-state index is 13.5. The van der Waals surface area contributed by atoms with Crippen LogP contribution >= 0.6 is 15.9 Å². The second-order valence-corrected chi connectivity index (χ2v) is 10.2. The second-order valence-electron chi connectivity index (χ2n) is 7.81. The molecule has 156 valence electrons.